The summed E-state index contributed by atoms with van der Waals surface area (Å²) in [5.41, 5.74) is 2.07. The number of benzene rings is 1. The van der Waals surface area contributed by atoms with E-state index >= 15 is 0 Å². The Kier molecular flexibility index (Phi) is 6.78. The minimum absolute atomic E-state index is 0. The SMILES string of the molecule is CC(NC(=O)CC1COCCN1)c1ccc(-n2cccn2)cc1.Cl. The summed E-state index contributed by atoms with van der Waals surface area (Å²) in [6, 6.07) is 10.0. The third kappa shape index (κ3) is 4.80. The van der Waals surface area contributed by atoms with Crippen LogP contribution in [-0.4, -0.2) is 41.5 Å². The number of hydrogen-bond donors (Lipinski definition) is 2. The molecule has 6 nitrogen and oxygen atoms in total. The fourth-order valence-corrected chi connectivity index (χ4v) is 2.70. The number of aromatic nitrogens is 2. The van der Waals surface area contributed by atoms with E-state index < -0.39 is 0 Å². The van der Waals surface area contributed by atoms with E-state index in [0.717, 1.165) is 24.4 Å². The first-order valence-electron chi connectivity index (χ1n) is 7.93. The summed E-state index contributed by atoms with van der Waals surface area (Å²) in [7, 11) is 0. The van der Waals surface area contributed by atoms with Gasteiger partial charge in [-0.25, -0.2) is 4.68 Å². The van der Waals surface area contributed by atoms with Crippen molar-refractivity contribution in [1.29, 1.82) is 0 Å². The molecule has 1 amide bonds. The van der Waals surface area contributed by atoms with Crippen molar-refractivity contribution in [2.24, 2.45) is 0 Å². The van der Waals surface area contributed by atoms with Crippen LogP contribution in [-0.2, 0) is 9.53 Å². The van der Waals surface area contributed by atoms with E-state index in [2.05, 4.69) is 15.7 Å². The molecule has 2 heterocycles. The number of carbonyl (C=O) groups excluding carboxylic acids is 1. The van der Waals surface area contributed by atoms with Gasteiger partial charge < -0.3 is 15.4 Å². The maximum absolute atomic E-state index is 12.1. The summed E-state index contributed by atoms with van der Waals surface area (Å²) in [6.07, 6.45) is 4.09. The monoisotopic (exact) mass is 350 g/mol. The van der Waals surface area contributed by atoms with Crippen LogP contribution in [0.5, 0.6) is 0 Å². The largest absolute Gasteiger partial charge is 0.378 e. The molecule has 1 saturated heterocycles. The molecule has 2 N–H and O–H groups in total. The summed E-state index contributed by atoms with van der Waals surface area (Å²) in [5, 5.41) is 10.5. The molecule has 130 valence electrons. The van der Waals surface area contributed by atoms with Gasteiger partial charge in [0.05, 0.1) is 24.9 Å². The standard InChI is InChI=1S/C17H22N4O2.ClH/c1-13(20-17(22)11-15-12-23-10-8-18-15)14-3-5-16(6-4-14)21-9-2-7-19-21;/h2-7,9,13,15,18H,8,10-12H2,1H3,(H,20,22);1H. The van der Waals surface area contributed by atoms with E-state index in [1.165, 1.54) is 0 Å². The average molecular weight is 351 g/mol. The van der Waals surface area contributed by atoms with Gasteiger partial charge in [-0.3, -0.25) is 4.79 Å². The molecule has 0 saturated carbocycles. The molecule has 24 heavy (non-hydrogen) atoms. The maximum atomic E-state index is 12.1. The zero-order valence-corrected chi connectivity index (χ0v) is 14.5. The zero-order valence-electron chi connectivity index (χ0n) is 13.6. The molecule has 3 rings (SSSR count). The van der Waals surface area contributed by atoms with Crippen molar-refractivity contribution in [3.8, 4) is 5.69 Å². The van der Waals surface area contributed by atoms with Crippen molar-refractivity contribution in [2.75, 3.05) is 19.8 Å². The Hall–Kier alpha value is -1.89. The fraction of sp³-hybridized carbons (Fsp3) is 0.412. The van der Waals surface area contributed by atoms with Crippen LogP contribution in [0.1, 0.15) is 24.9 Å². The highest BCUT2D eigenvalue weighted by molar-refractivity contribution is 5.85. The predicted molar refractivity (Wildman–Crippen MR) is 94.6 cm³/mol. The van der Waals surface area contributed by atoms with E-state index in [9.17, 15) is 4.79 Å². The van der Waals surface area contributed by atoms with Crippen LogP contribution in [0, 0.1) is 0 Å². The first kappa shape index (κ1) is 18.4. The quantitative estimate of drug-likeness (QED) is 0.863. The van der Waals surface area contributed by atoms with Crippen LogP contribution in [0.3, 0.4) is 0 Å². The normalized spacial score (nSPS) is 18.5. The molecule has 1 aromatic carbocycles. The molecule has 1 aliphatic heterocycles. The van der Waals surface area contributed by atoms with Crippen LogP contribution >= 0.6 is 12.4 Å². The third-order valence-corrected chi connectivity index (χ3v) is 3.97. The van der Waals surface area contributed by atoms with Gasteiger partial charge in [-0.2, -0.15) is 5.10 Å². The van der Waals surface area contributed by atoms with E-state index in [0.29, 0.717) is 13.0 Å². The van der Waals surface area contributed by atoms with Crippen molar-refractivity contribution in [1.82, 2.24) is 20.4 Å². The third-order valence-electron chi connectivity index (χ3n) is 3.97. The summed E-state index contributed by atoms with van der Waals surface area (Å²) in [4.78, 5) is 12.1. The fourth-order valence-electron chi connectivity index (χ4n) is 2.70. The van der Waals surface area contributed by atoms with Gasteiger partial charge in [-0.15, -0.1) is 12.4 Å². The average Bonchev–Trinajstić information content (AvgIpc) is 3.10. The first-order valence-corrected chi connectivity index (χ1v) is 7.93. The van der Waals surface area contributed by atoms with Crippen LogP contribution in [0.25, 0.3) is 5.69 Å². The molecular weight excluding hydrogens is 328 g/mol. The smallest absolute Gasteiger partial charge is 0.222 e. The maximum Gasteiger partial charge on any atom is 0.222 e. The number of amides is 1. The number of carbonyl (C=O) groups is 1. The number of rotatable bonds is 5. The summed E-state index contributed by atoms with van der Waals surface area (Å²) in [5.74, 6) is 0.0386. The molecule has 1 fully saturated rings. The molecule has 0 spiro atoms. The topological polar surface area (TPSA) is 68.2 Å². The highest BCUT2D eigenvalue weighted by atomic mass is 35.5. The molecule has 2 aromatic rings. The van der Waals surface area contributed by atoms with Gasteiger partial charge in [0.25, 0.3) is 0 Å². The predicted octanol–water partition coefficient (Wildman–Crippen LogP) is 1.85. The highest BCUT2D eigenvalue weighted by Gasteiger charge is 2.18. The number of ether oxygens (including phenoxy) is 1. The Morgan fingerprint density at radius 1 is 1.46 bits per heavy atom. The van der Waals surface area contributed by atoms with Crippen LogP contribution < -0.4 is 10.6 Å². The van der Waals surface area contributed by atoms with Gasteiger partial charge >= 0.3 is 0 Å². The van der Waals surface area contributed by atoms with Crippen LogP contribution in [0.2, 0.25) is 0 Å². The Labute approximate surface area is 148 Å². The highest BCUT2D eigenvalue weighted by Crippen LogP contribution is 2.15. The Bertz CT molecular complexity index is 625. The van der Waals surface area contributed by atoms with Gasteiger partial charge in [0, 0.05) is 31.4 Å². The minimum Gasteiger partial charge on any atom is -0.378 e. The van der Waals surface area contributed by atoms with Crippen molar-refractivity contribution >= 4 is 18.3 Å². The molecule has 7 heteroatoms. The van der Waals surface area contributed by atoms with E-state index in [4.69, 9.17) is 4.74 Å². The number of nitrogens with zero attached hydrogens (tertiary/aromatic N) is 2. The van der Waals surface area contributed by atoms with E-state index in [-0.39, 0.29) is 30.4 Å². The van der Waals surface area contributed by atoms with Gasteiger partial charge in [0.15, 0.2) is 0 Å². The first-order chi connectivity index (χ1) is 11.2. The lowest BCUT2D eigenvalue weighted by Crippen LogP contribution is -2.44. The second-order valence-corrected chi connectivity index (χ2v) is 5.76. The lowest BCUT2D eigenvalue weighted by Gasteiger charge is -2.24. The Balaban J connectivity index is 0.00000208. The van der Waals surface area contributed by atoms with Crippen molar-refractivity contribution in [3.63, 3.8) is 0 Å². The molecule has 0 aliphatic carbocycles. The number of hydrogen-bond acceptors (Lipinski definition) is 4. The minimum atomic E-state index is -0.0290. The van der Waals surface area contributed by atoms with Crippen molar-refractivity contribution < 1.29 is 9.53 Å². The summed E-state index contributed by atoms with van der Waals surface area (Å²) in [6.45, 7) is 4.12. The molecular formula is C17H23ClN4O2. The van der Waals surface area contributed by atoms with E-state index in [1.807, 2.05) is 48.1 Å². The summed E-state index contributed by atoms with van der Waals surface area (Å²) >= 11 is 0. The molecule has 0 bridgehead atoms. The van der Waals surface area contributed by atoms with E-state index in [1.54, 1.807) is 6.20 Å². The van der Waals surface area contributed by atoms with Gasteiger partial charge in [-0.05, 0) is 30.7 Å². The van der Waals surface area contributed by atoms with Crippen LogP contribution in [0.4, 0.5) is 0 Å². The second-order valence-electron chi connectivity index (χ2n) is 5.76. The summed E-state index contributed by atoms with van der Waals surface area (Å²) < 4.78 is 7.18. The molecule has 0 radical (unpaired) electrons. The number of nitrogens with one attached hydrogen (secondary N) is 2. The lowest BCUT2D eigenvalue weighted by molar-refractivity contribution is -0.122. The van der Waals surface area contributed by atoms with Gasteiger partial charge in [-0.1, -0.05) is 12.1 Å². The number of halogens is 1. The number of morpholine rings is 1. The second kappa shape index (κ2) is 8.82. The van der Waals surface area contributed by atoms with Gasteiger partial charge in [0.2, 0.25) is 5.91 Å². The van der Waals surface area contributed by atoms with Gasteiger partial charge in [0.1, 0.15) is 0 Å². The molecule has 1 aliphatic rings. The van der Waals surface area contributed by atoms with Crippen LogP contribution in [0.15, 0.2) is 42.7 Å². The zero-order chi connectivity index (χ0) is 16.1. The lowest BCUT2D eigenvalue weighted by atomic mass is 10.1. The Morgan fingerprint density at radius 2 is 2.25 bits per heavy atom. The van der Waals surface area contributed by atoms with Crippen molar-refractivity contribution in [2.45, 2.75) is 25.4 Å². The van der Waals surface area contributed by atoms with Crippen molar-refractivity contribution in [3.05, 3.63) is 48.3 Å². The molecule has 1 aromatic heterocycles. The molecule has 2 unspecified atom stereocenters. The Morgan fingerprint density at radius 3 is 2.88 bits per heavy atom. The molecule has 2 atom stereocenters.